The van der Waals surface area contributed by atoms with Crippen LogP contribution in [0, 0.1) is 5.92 Å². The van der Waals surface area contributed by atoms with Gasteiger partial charge in [-0.25, -0.2) is 18.7 Å². The second kappa shape index (κ2) is 9.05. The fourth-order valence-electron chi connectivity index (χ4n) is 2.50. The Labute approximate surface area is 165 Å². The molecule has 1 aliphatic rings. The van der Waals surface area contributed by atoms with Gasteiger partial charge in [-0.05, 0) is 36.6 Å². The Kier molecular flexibility index (Phi) is 6.51. The summed E-state index contributed by atoms with van der Waals surface area (Å²) in [4.78, 5) is 32.4. The van der Waals surface area contributed by atoms with Crippen molar-refractivity contribution in [2.45, 2.75) is 32.2 Å². The average molecular weight is 410 g/mol. The molecule has 3 rings (SSSR count). The maximum atomic E-state index is 12.3. The molecule has 0 spiro atoms. The lowest BCUT2D eigenvalue weighted by molar-refractivity contribution is -0.119. The van der Waals surface area contributed by atoms with Crippen LogP contribution < -0.4 is 10.1 Å². The monoisotopic (exact) mass is 409 g/mol. The standard InChI is InChI=1S/C19H18ClF2N3O3/c20-14-7-13(28-10-17(21)22)4-3-12(14)9-24-19(27)15-5-6-23-18(25-15)8-16(26)11-1-2-11/h3-7,11,17H,1-2,8-10H2,(H,24,27). The summed E-state index contributed by atoms with van der Waals surface area (Å²) in [5, 5.41) is 2.96. The second-order valence-electron chi connectivity index (χ2n) is 6.41. The van der Waals surface area contributed by atoms with E-state index in [-0.39, 0.29) is 41.1 Å². The first-order chi connectivity index (χ1) is 13.4. The van der Waals surface area contributed by atoms with Gasteiger partial charge in [-0.1, -0.05) is 17.7 Å². The normalized spacial score (nSPS) is 13.4. The predicted octanol–water partition coefficient (Wildman–Crippen LogP) is 3.23. The molecule has 1 aliphatic carbocycles. The summed E-state index contributed by atoms with van der Waals surface area (Å²) in [6.07, 6.45) is 0.810. The van der Waals surface area contributed by atoms with Crippen LogP contribution in [0.3, 0.4) is 0 Å². The summed E-state index contributed by atoms with van der Waals surface area (Å²) in [6, 6.07) is 5.96. The zero-order chi connectivity index (χ0) is 20.1. The summed E-state index contributed by atoms with van der Waals surface area (Å²) in [6.45, 7) is -0.598. The average Bonchev–Trinajstić information content (AvgIpc) is 3.51. The minimum atomic E-state index is -2.57. The topological polar surface area (TPSA) is 81.2 Å². The van der Waals surface area contributed by atoms with Crippen molar-refractivity contribution in [3.63, 3.8) is 0 Å². The molecule has 1 N–H and O–H groups in total. The van der Waals surface area contributed by atoms with Gasteiger partial charge < -0.3 is 10.1 Å². The number of hydrogen-bond acceptors (Lipinski definition) is 5. The molecule has 148 valence electrons. The molecule has 0 saturated heterocycles. The minimum Gasteiger partial charge on any atom is -0.488 e. The highest BCUT2D eigenvalue weighted by Gasteiger charge is 2.29. The number of nitrogens with one attached hydrogen (secondary N) is 1. The Morgan fingerprint density at radius 1 is 1.29 bits per heavy atom. The largest absolute Gasteiger partial charge is 0.488 e. The van der Waals surface area contributed by atoms with E-state index in [4.69, 9.17) is 16.3 Å². The molecule has 1 amide bonds. The maximum absolute atomic E-state index is 12.3. The molecule has 6 nitrogen and oxygen atoms in total. The number of carbonyl (C=O) groups is 2. The maximum Gasteiger partial charge on any atom is 0.272 e. The smallest absolute Gasteiger partial charge is 0.272 e. The number of Topliss-reactive ketones (excluding diaryl/α,β-unsaturated/α-hetero) is 1. The van der Waals surface area contributed by atoms with Gasteiger partial charge in [0, 0.05) is 23.7 Å². The molecule has 0 unspecified atom stereocenters. The van der Waals surface area contributed by atoms with Crippen molar-refractivity contribution in [2.24, 2.45) is 5.92 Å². The van der Waals surface area contributed by atoms with E-state index in [1.165, 1.54) is 24.4 Å². The molecule has 1 aromatic heterocycles. The number of halogens is 3. The fourth-order valence-corrected chi connectivity index (χ4v) is 2.74. The van der Waals surface area contributed by atoms with Crippen molar-refractivity contribution in [1.29, 1.82) is 0 Å². The number of aromatic nitrogens is 2. The van der Waals surface area contributed by atoms with Gasteiger partial charge in [0.1, 0.15) is 29.7 Å². The van der Waals surface area contributed by atoms with Crippen molar-refractivity contribution in [1.82, 2.24) is 15.3 Å². The van der Waals surface area contributed by atoms with E-state index < -0.39 is 18.9 Å². The Hall–Kier alpha value is -2.61. The zero-order valence-electron chi connectivity index (χ0n) is 14.8. The first-order valence-electron chi connectivity index (χ1n) is 8.74. The van der Waals surface area contributed by atoms with Gasteiger partial charge in [-0.3, -0.25) is 9.59 Å². The van der Waals surface area contributed by atoms with Crippen molar-refractivity contribution in [3.8, 4) is 5.75 Å². The first kappa shape index (κ1) is 20.1. The van der Waals surface area contributed by atoms with Crippen molar-refractivity contribution >= 4 is 23.3 Å². The number of benzene rings is 1. The van der Waals surface area contributed by atoms with Crippen LogP contribution in [0.5, 0.6) is 5.75 Å². The highest BCUT2D eigenvalue weighted by atomic mass is 35.5. The van der Waals surface area contributed by atoms with Crippen LogP contribution in [-0.4, -0.2) is 34.7 Å². The molecule has 0 radical (unpaired) electrons. The van der Waals surface area contributed by atoms with Gasteiger partial charge in [-0.2, -0.15) is 0 Å². The quantitative estimate of drug-likeness (QED) is 0.687. The third kappa shape index (κ3) is 5.69. The van der Waals surface area contributed by atoms with E-state index in [0.29, 0.717) is 11.4 Å². The SMILES string of the molecule is O=C(NCc1ccc(OCC(F)F)cc1Cl)c1ccnc(CC(=O)C2CC2)n1. The molecule has 28 heavy (non-hydrogen) atoms. The zero-order valence-corrected chi connectivity index (χ0v) is 15.6. The van der Waals surface area contributed by atoms with Crippen molar-refractivity contribution < 1.29 is 23.1 Å². The number of ether oxygens (including phenoxy) is 1. The van der Waals surface area contributed by atoms with E-state index in [1.807, 2.05) is 0 Å². The number of ketones is 1. The molecule has 2 aromatic rings. The highest BCUT2D eigenvalue weighted by molar-refractivity contribution is 6.31. The highest BCUT2D eigenvalue weighted by Crippen LogP contribution is 2.30. The molecule has 1 heterocycles. The van der Waals surface area contributed by atoms with E-state index in [1.54, 1.807) is 6.07 Å². The summed E-state index contributed by atoms with van der Waals surface area (Å²) in [5.41, 5.74) is 0.749. The van der Waals surface area contributed by atoms with Crippen LogP contribution >= 0.6 is 11.6 Å². The number of hydrogen-bond donors (Lipinski definition) is 1. The van der Waals surface area contributed by atoms with Gasteiger partial charge >= 0.3 is 0 Å². The van der Waals surface area contributed by atoms with Crippen LogP contribution in [0.1, 0.15) is 34.7 Å². The van der Waals surface area contributed by atoms with Crippen LogP contribution in [0.4, 0.5) is 8.78 Å². The Balaban J connectivity index is 1.57. The number of nitrogens with zero attached hydrogens (tertiary/aromatic N) is 2. The lowest BCUT2D eigenvalue weighted by Gasteiger charge is -2.10. The Morgan fingerprint density at radius 3 is 2.75 bits per heavy atom. The molecule has 0 bridgehead atoms. The van der Waals surface area contributed by atoms with Gasteiger partial charge in [0.15, 0.2) is 0 Å². The van der Waals surface area contributed by atoms with Gasteiger partial charge in [0.2, 0.25) is 0 Å². The second-order valence-corrected chi connectivity index (χ2v) is 6.82. The molecular formula is C19H18ClF2N3O3. The third-order valence-electron chi connectivity index (χ3n) is 4.14. The van der Waals surface area contributed by atoms with Gasteiger partial charge in [-0.15, -0.1) is 0 Å². The molecule has 1 fully saturated rings. The molecule has 0 aliphatic heterocycles. The number of amides is 1. The fraction of sp³-hybridized carbons (Fsp3) is 0.368. The molecule has 1 saturated carbocycles. The molecule has 0 atom stereocenters. The Bertz CT molecular complexity index is 875. The van der Waals surface area contributed by atoms with E-state index in [9.17, 15) is 18.4 Å². The van der Waals surface area contributed by atoms with E-state index >= 15 is 0 Å². The lowest BCUT2D eigenvalue weighted by atomic mass is 10.2. The summed E-state index contributed by atoms with van der Waals surface area (Å²) < 4.78 is 29.3. The first-order valence-corrected chi connectivity index (χ1v) is 9.12. The van der Waals surface area contributed by atoms with E-state index in [0.717, 1.165) is 12.8 Å². The van der Waals surface area contributed by atoms with Gasteiger partial charge in [0.05, 0.1) is 6.42 Å². The summed E-state index contributed by atoms with van der Waals surface area (Å²) >= 11 is 6.11. The number of rotatable bonds is 9. The van der Waals surface area contributed by atoms with Crippen molar-refractivity contribution in [2.75, 3.05) is 6.61 Å². The molecule has 1 aromatic carbocycles. The molecular weight excluding hydrogens is 392 g/mol. The minimum absolute atomic E-state index is 0.0958. The third-order valence-corrected chi connectivity index (χ3v) is 4.49. The van der Waals surface area contributed by atoms with Crippen LogP contribution in [0.2, 0.25) is 5.02 Å². The van der Waals surface area contributed by atoms with Crippen LogP contribution in [-0.2, 0) is 17.8 Å². The molecule has 9 heteroatoms. The number of carbonyl (C=O) groups excluding carboxylic acids is 2. The predicted molar refractivity (Wildman–Crippen MR) is 97.6 cm³/mol. The van der Waals surface area contributed by atoms with Gasteiger partial charge in [0.25, 0.3) is 12.3 Å². The van der Waals surface area contributed by atoms with E-state index in [2.05, 4.69) is 15.3 Å². The Morgan fingerprint density at radius 2 is 2.07 bits per heavy atom. The lowest BCUT2D eigenvalue weighted by Crippen LogP contribution is -2.24. The van der Waals surface area contributed by atoms with Crippen molar-refractivity contribution in [3.05, 3.63) is 52.6 Å². The van der Waals surface area contributed by atoms with Crippen LogP contribution in [0.25, 0.3) is 0 Å². The summed E-state index contributed by atoms with van der Waals surface area (Å²) in [7, 11) is 0. The van der Waals surface area contributed by atoms with Crippen LogP contribution in [0.15, 0.2) is 30.5 Å². The number of alkyl halides is 2. The summed E-state index contributed by atoms with van der Waals surface area (Å²) in [5.74, 6) is 0.315.